The molecule has 9 nitrogen and oxygen atoms in total. The van der Waals surface area contributed by atoms with Crippen LogP contribution in [0.15, 0.2) is 139 Å². The van der Waals surface area contributed by atoms with E-state index in [1.54, 1.807) is 22.7 Å². The summed E-state index contributed by atoms with van der Waals surface area (Å²) in [5.74, 6) is 2.02. The fourth-order valence-electron chi connectivity index (χ4n) is 11.4. The first kappa shape index (κ1) is 44.8. The molecule has 69 heavy (non-hydrogen) atoms. The summed E-state index contributed by atoms with van der Waals surface area (Å²) < 4.78 is 26.9. The molecule has 1 unspecified atom stereocenters. The Labute approximate surface area is 407 Å². The number of likely N-dealkylation sites (tertiary alicyclic amines) is 1. The van der Waals surface area contributed by atoms with Gasteiger partial charge in [0.1, 0.15) is 29.0 Å². The van der Waals surface area contributed by atoms with Crippen LogP contribution in [0.5, 0.6) is 5.75 Å². The lowest BCUT2D eigenvalue weighted by molar-refractivity contribution is 0.137. The Balaban J connectivity index is 1.27. The number of carboxylic acid groups (broad SMARTS) is 1. The van der Waals surface area contributed by atoms with Gasteiger partial charge in [-0.2, -0.15) is 5.10 Å². The normalized spacial score (nSPS) is 17.6. The Morgan fingerprint density at radius 1 is 0.841 bits per heavy atom. The van der Waals surface area contributed by atoms with Gasteiger partial charge < -0.3 is 19.6 Å². The van der Waals surface area contributed by atoms with Gasteiger partial charge in [0.15, 0.2) is 5.16 Å². The SMILES string of the molecule is CCSc1nc(N2C[C@@H]3C[C@H]2CN3C(=O)O)c2c(OC(C)c3ccccc3)c(C3CC3)c(-c3c(C)c(F)cc4nn(C(c5ccccc5)(c5ccccc5)c5ccccc5)cc34)c(C(C)(C)C)c2n1. The van der Waals surface area contributed by atoms with E-state index in [0.29, 0.717) is 35.1 Å². The lowest BCUT2D eigenvalue weighted by Crippen LogP contribution is -2.48. The number of hydrogen-bond acceptors (Lipinski definition) is 7. The molecule has 3 fully saturated rings. The molecule has 350 valence electrons. The summed E-state index contributed by atoms with van der Waals surface area (Å²) in [5.41, 5.74) is 8.24. The molecule has 2 saturated heterocycles. The zero-order valence-corrected chi connectivity index (χ0v) is 40.8. The van der Waals surface area contributed by atoms with Crippen molar-refractivity contribution in [2.45, 2.75) is 101 Å². The van der Waals surface area contributed by atoms with Gasteiger partial charge in [0.25, 0.3) is 0 Å². The van der Waals surface area contributed by atoms with Gasteiger partial charge in [-0.25, -0.2) is 19.2 Å². The van der Waals surface area contributed by atoms with Gasteiger partial charge in [0.2, 0.25) is 0 Å². The Morgan fingerprint density at radius 3 is 1.96 bits per heavy atom. The standard InChI is InChI=1S/C58H57FN6O3S/c1-7-69-55-60-52-50(54(61-55)63-32-43-30-42(63)33-64(43)56(66)67)53(68-36(3)37-20-12-8-13-21-37)48(38-28-29-38)49(51(52)57(4,5)6)47-35(2)45(59)31-46-44(47)34-65(62-46)58(39-22-14-9-15-23-39,40-24-16-10-17-25-40)41-26-18-11-19-27-41/h8-27,31,34,36,38,42-43H,7,28-30,32-33H2,1-6H3,(H,66,67)/t36?,42-,43-/m0/s1. The average molecular weight is 937 g/mol. The number of carbonyl (C=O) groups is 1. The fourth-order valence-corrected chi connectivity index (χ4v) is 12.0. The Kier molecular flexibility index (Phi) is 11.3. The van der Waals surface area contributed by atoms with Crippen molar-refractivity contribution in [1.29, 1.82) is 0 Å². The molecule has 3 atom stereocenters. The summed E-state index contributed by atoms with van der Waals surface area (Å²) in [6.07, 6.45) is 3.50. The van der Waals surface area contributed by atoms with E-state index in [0.717, 1.165) is 91.6 Å². The molecule has 2 aliphatic heterocycles. The van der Waals surface area contributed by atoms with Crippen LogP contribution in [0.4, 0.5) is 15.0 Å². The molecule has 8 aromatic rings. The van der Waals surface area contributed by atoms with Crippen LogP contribution in [0, 0.1) is 12.7 Å². The maximum absolute atomic E-state index is 17.3. The second kappa shape index (κ2) is 17.4. The van der Waals surface area contributed by atoms with Crippen molar-refractivity contribution in [2.75, 3.05) is 23.7 Å². The van der Waals surface area contributed by atoms with Gasteiger partial charge in [0.05, 0.1) is 28.5 Å². The number of benzene rings is 6. The van der Waals surface area contributed by atoms with Crippen LogP contribution in [0.2, 0.25) is 0 Å². The van der Waals surface area contributed by atoms with Gasteiger partial charge >= 0.3 is 6.09 Å². The number of fused-ring (bicyclic) bond motifs is 4. The molecule has 0 spiro atoms. The zero-order chi connectivity index (χ0) is 47.8. The average Bonchev–Trinajstić information content (AvgIpc) is 3.76. The highest BCUT2D eigenvalue weighted by Gasteiger charge is 2.48. The maximum Gasteiger partial charge on any atom is 0.407 e. The van der Waals surface area contributed by atoms with Crippen molar-refractivity contribution < 1.29 is 19.0 Å². The number of nitrogens with zero attached hydrogens (tertiary/aromatic N) is 6. The summed E-state index contributed by atoms with van der Waals surface area (Å²) >= 11 is 1.59. The molecule has 4 heterocycles. The molecule has 1 aliphatic carbocycles. The molecule has 11 rings (SSSR count). The van der Waals surface area contributed by atoms with Crippen molar-refractivity contribution in [3.05, 3.63) is 178 Å². The van der Waals surface area contributed by atoms with Crippen LogP contribution in [0.25, 0.3) is 32.9 Å². The quantitative estimate of drug-likeness (QED) is 0.0735. The van der Waals surface area contributed by atoms with Gasteiger partial charge in [-0.15, -0.1) is 0 Å². The second-order valence-corrected chi connectivity index (χ2v) is 21.2. The van der Waals surface area contributed by atoms with Crippen molar-refractivity contribution in [3.8, 4) is 16.9 Å². The Bertz CT molecular complexity index is 3130. The van der Waals surface area contributed by atoms with Crippen LogP contribution in [-0.4, -0.2) is 66.8 Å². The first-order valence-electron chi connectivity index (χ1n) is 24.3. The van der Waals surface area contributed by atoms with E-state index < -0.39 is 17.0 Å². The van der Waals surface area contributed by atoms with Crippen LogP contribution in [0.3, 0.4) is 0 Å². The number of thioether (sulfide) groups is 1. The lowest BCUT2D eigenvalue weighted by atomic mass is 9.75. The number of anilines is 1. The summed E-state index contributed by atoms with van der Waals surface area (Å²) in [4.78, 5) is 27.2. The second-order valence-electron chi connectivity index (χ2n) is 20.0. The number of aromatic nitrogens is 4. The first-order chi connectivity index (χ1) is 33.4. The van der Waals surface area contributed by atoms with Gasteiger partial charge in [0, 0.05) is 36.3 Å². The number of halogens is 1. The number of amides is 1. The van der Waals surface area contributed by atoms with Crippen LogP contribution in [0.1, 0.15) is 105 Å². The minimum atomic E-state index is -0.931. The third kappa shape index (κ3) is 7.51. The summed E-state index contributed by atoms with van der Waals surface area (Å²) in [6, 6.07) is 43.0. The van der Waals surface area contributed by atoms with Crippen LogP contribution in [-0.2, 0) is 11.0 Å². The van der Waals surface area contributed by atoms with Crippen molar-refractivity contribution in [1.82, 2.24) is 24.6 Å². The molecule has 3 aliphatic rings. The first-order valence-corrected chi connectivity index (χ1v) is 25.3. The van der Waals surface area contributed by atoms with Gasteiger partial charge in [-0.3, -0.25) is 4.68 Å². The molecule has 1 saturated carbocycles. The molecule has 6 aromatic carbocycles. The number of rotatable bonds is 12. The predicted molar refractivity (Wildman–Crippen MR) is 274 cm³/mol. The van der Waals surface area contributed by atoms with E-state index >= 15 is 4.39 Å². The summed E-state index contributed by atoms with van der Waals surface area (Å²) in [7, 11) is 0. The molecule has 1 amide bonds. The lowest BCUT2D eigenvalue weighted by Gasteiger charge is -2.36. The fraction of sp³-hybridized carbons (Fsp3) is 0.310. The van der Waals surface area contributed by atoms with E-state index in [4.69, 9.17) is 19.8 Å². The Hall–Kier alpha value is -6.72. The van der Waals surface area contributed by atoms with E-state index in [9.17, 15) is 9.90 Å². The highest BCUT2D eigenvalue weighted by Crippen LogP contribution is 2.59. The molecule has 1 N–H and O–H groups in total. The summed E-state index contributed by atoms with van der Waals surface area (Å²) in [5, 5.41) is 17.9. The van der Waals surface area contributed by atoms with E-state index in [2.05, 4.69) is 135 Å². The molecule has 0 radical (unpaired) electrons. The molecular formula is C58H57FN6O3S. The van der Waals surface area contributed by atoms with Crippen molar-refractivity contribution >= 4 is 45.5 Å². The minimum Gasteiger partial charge on any atom is -0.485 e. The van der Waals surface area contributed by atoms with E-state index in [-0.39, 0.29) is 29.9 Å². The monoisotopic (exact) mass is 936 g/mol. The van der Waals surface area contributed by atoms with Crippen molar-refractivity contribution in [2.24, 2.45) is 0 Å². The van der Waals surface area contributed by atoms with E-state index in [1.165, 1.54) is 0 Å². The van der Waals surface area contributed by atoms with Crippen LogP contribution >= 0.6 is 11.8 Å². The van der Waals surface area contributed by atoms with Gasteiger partial charge in [-0.1, -0.05) is 161 Å². The third-order valence-electron chi connectivity index (χ3n) is 14.6. The van der Waals surface area contributed by atoms with Crippen LogP contribution < -0.4 is 9.64 Å². The predicted octanol–water partition coefficient (Wildman–Crippen LogP) is 13.3. The number of hydrogen-bond donors (Lipinski definition) is 1. The smallest absolute Gasteiger partial charge is 0.407 e. The molecular weight excluding hydrogens is 880 g/mol. The summed E-state index contributed by atoms with van der Waals surface area (Å²) in [6.45, 7) is 13.7. The topological polar surface area (TPSA) is 96.6 Å². The third-order valence-corrected chi connectivity index (χ3v) is 15.3. The number of ether oxygens (including phenoxy) is 1. The molecule has 2 aromatic heterocycles. The molecule has 2 bridgehead atoms. The largest absolute Gasteiger partial charge is 0.485 e. The van der Waals surface area contributed by atoms with Crippen molar-refractivity contribution in [3.63, 3.8) is 0 Å². The van der Waals surface area contributed by atoms with Gasteiger partial charge in [-0.05, 0) is 94.7 Å². The zero-order valence-electron chi connectivity index (χ0n) is 40.0. The van der Waals surface area contributed by atoms with E-state index in [1.807, 2.05) is 43.3 Å². The highest BCUT2D eigenvalue weighted by molar-refractivity contribution is 7.99. The molecule has 11 heteroatoms. The highest BCUT2D eigenvalue weighted by atomic mass is 32.2. The number of piperazine rings is 1. The maximum atomic E-state index is 17.3. The Morgan fingerprint density at radius 2 is 1.43 bits per heavy atom. The minimum absolute atomic E-state index is 0.0553.